The molecule has 0 aromatic carbocycles. The number of halogens is 3. The fraction of sp³-hybridized carbons (Fsp3) is 0.500. The first kappa shape index (κ1) is 11.0. The molecule has 0 saturated carbocycles. The van der Waals surface area contributed by atoms with E-state index in [0.717, 1.165) is 38.2 Å². The maximum Gasteiger partial charge on any atom is 0.417 e. The summed E-state index contributed by atoms with van der Waals surface area (Å²) in [4.78, 5) is 5.72. The summed E-state index contributed by atoms with van der Waals surface area (Å²) < 4.78 is 37.1. The third kappa shape index (κ3) is 2.05. The first-order valence-electron chi connectivity index (χ1n) is 5.06. The summed E-state index contributed by atoms with van der Waals surface area (Å²) in [6, 6.07) is 0.945. The van der Waals surface area contributed by atoms with E-state index in [4.69, 9.17) is 5.73 Å². The Labute approximate surface area is 91.1 Å². The van der Waals surface area contributed by atoms with E-state index in [1.54, 1.807) is 0 Å². The molecule has 1 saturated heterocycles. The zero-order valence-electron chi connectivity index (χ0n) is 8.59. The van der Waals surface area contributed by atoms with Gasteiger partial charge in [0.1, 0.15) is 0 Å². The lowest BCUT2D eigenvalue weighted by molar-refractivity contribution is -0.137. The second-order valence-electron chi connectivity index (χ2n) is 3.83. The van der Waals surface area contributed by atoms with E-state index >= 15 is 0 Å². The van der Waals surface area contributed by atoms with Crippen LogP contribution in [0.15, 0.2) is 12.3 Å². The molecule has 2 heterocycles. The van der Waals surface area contributed by atoms with Crippen LogP contribution in [-0.2, 0) is 6.18 Å². The van der Waals surface area contributed by atoms with Crippen molar-refractivity contribution in [3.63, 3.8) is 0 Å². The monoisotopic (exact) mass is 231 g/mol. The highest BCUT2D eigenvalue weighted by atomic mass is 19.4. The van der Waals surface area contributed by atoms with Crippen molar-refractivity contribution in [2.45, 2.75) is 19.0 Å². The molecule has 3 nitrogen and oxygen atoms in total. The number of alkyl halides is 3. The minimum absolute atomic E-state index is 0.0942. The van der Waals surface area contributed by atoms with E-state index in [2.05, 4.69) is 4.98 Å². The smallest absolute Gasteiger partial charge is 0.396 e. The molecular formula is C10H12F3N3. The Bertz CT molecular complexity index is 383. The molecule has 1 aliphatic rings. The normalized spacial score (nSPS) is 16.8. The van der Waals surface area contributed by atoms with Crippen LogP contribution in [0.2, 0.25) is 0 Å². The van der Waals surface area contributed by atoms with E-state index in [1.807, 2.05) is 4.90 Å². The zero-order valence-corrected chi connectivity index (χ0v) is 8.59. The van der Waals surface area contributed by atoms with Gasteiger partial charge >= 0.3 is 6.18 Å². The Kier molecular flexibility index (Phi) is 2.65. The molecule has 0 unspecified atom stereocenters. The van der Waals surface area contributed by atoms with Gasteiger partial charge in [0.2, 0.25) is 0 Å². The Morgan fingerprint density at radius 3 is 2.38 bits per heavy atom. The SMILES string of the molecule is Nc1cc(C(F)(F)F)cnc1N1CCCC1. The van der Waals surface area contributed by atoms with Crippen LogP contribution in [0.5, 0.6) is 0 Å². The summed E-state index contributed by atoms with van der Waals surface area (Å²) in [6.07, 6.45) is -1.49. The maximum atomic E-state index is 12.4. The number of anilines is 2. The van der Waals surface area contributed by atoms with Crippen LogP contribution in [0.3, 0.4) is 0 Å². The van der Waals surface area contributed by atoms with Gasteiger partial charge in [-0.1, -0.05) is 0 Å². The zero-order chi connectivity index (χ0) is 11.8. The fourth-order valence-corrected chi connectivity index (χ4v) is 1.82. The van der Waals surface area contributed by atoms with Crippen molar-refractivity contribution in [3.05, 3.63) is 17.8 Å². The quantitative estimate of drug-likeness (QED) is 0.806. The molecule has 0 spiro atoms. The van der Waals surface area contributed by atoms with E-state index in [-0.39, 0.29) is 5.69 Å². The van der Waals surface area contributed by atoms with Gasteiger partial charge in [0.25, 0.3) is 0 Å². The van der Waals surface area contributed by atoms with Crippen LogP contribution >= 0.6 is 0 Å². The standard InChI is InChI=1S/C10H12F3N3/c11-10(12,13)7-5-8(14)9(15-6-7)16-3-1-2-4-16/h5-6H,1-4,14H2. The molecule has 2 rings (SSSR count). The molecule has 0 atom stereocenters. The predicted molar refractivity (Wildman–Crippen MR) is 55.1 cm³/mol. The number of nitrogens with two attached hydrogens (primary N) is 1. The van der Waals surface area contributed by atoms with E-state index in [1.165, 1.54) is 0 Å². The number of nitrogens with zero attached hydrogens (tertiary/aromatic N) is 2. The summed E-state index contributed by atoms with van der Waals surface area (Å²) in [7, 11) is 0. The molecule has 6 heteroatoms. The van der Waals surface area contributed by atoms with Crippen molar-refractivity contribution in [2.24, 2.45) is 0 Å². The van der Waals surface area contributed by atoms with Gasteiger partial charge in [-0.25, -0.2) is 4.98 Å². The second-order valence-corrected chi connectivity index (χ2v) is 3.83. The maximum absolute atomic E-state index is 12.4. The molecule has 1 aliphatic heterocycles. The third-order valence-electron chi connectivity index (χ3n) is 2.63. The van der Waals surface area contributed by atoms with Gasteiger partial charge in [0.05, 0.1) is 11.3 Å². The van der Waals surface area contributed by atoms with Crippen LogP contribution in [0, 0.1) is 0 Å². The number of hydrogen-bond donors (Lipinski definition) is 1. The molecule has 2 N–H and O–H groups in total. The van der Waals surface area contributed by atoms with Gasteiger partial charge in [0.15, 0.2) is 5.82 Å². The number of rotatable bonds is 1. The van der Waals surface area contributed by atoms with Gasteiger partial charge in [0, 0.05) is 19.3 Å². The average molecular weight is 231 g/mol. The molecule has 16 heavy (non-hydrogen) atoms. The molecule has 0 aliphatic carbocycles. The predicted octanol–water partition coefficient (Wildman–Crippen LogP) is 2.28. The molecule has 1 fully saturated rings. The molecule has 0 radical (unpaired) electrons. The van der Waals surface area contributed by atoms with Crippen LogP contribution in [0.25, 0.3) is 0 Å². The number of pyridine rings is 1. The molecule has 1 aromatic rings. The summed E-state index contributed by atoms with van der Waals surface area (Å²) in [5.74, 6) is 0.463. The summed E-state index contributed by atoms with van der Waals surface area (Å²) >= 11 is 0. The molecule has 0 bridgehead atoms. The number of aromatic nitrogens is 1. The van der Waals surface area contributed by atoms with Crippen molar-refractivity contribution >= 4 is 11.5 Å². The molecular weight excluding hydrogens is 219 g/mol. The Balaban J connectivity index is 2.29. The molecule has 88 valence electrons. The second kappa shape index (κ2) is 3.84. The van der Waals surface area contributed by atoms with Crippen LogP contribution in [-0.4, -0.2) is 18.1 Å². The fourth-order valence-electron chi connectivity index (χ4n) is 1.82. The van der Waals surface area contributed by atoms with Crippen LogP contribution in [0.1, 0.15) is 18.4 Å². The first-order chi connectivity index (χ1) is 7.48. The van der Waals surface area contributed by atoms with Crippen molar-refractivity contribution in [1.29, 1.82) is 0 Å². The van der Waals surface area contributed by atoms with Gasteiger partial charge in [-0.2, -0.15) is 13.2 Å². The highest BCUT2D eigenvalue weighted by Crippen LogP contribution is 2.33. The minimum atomic E-state index is -4.38. The van der Waals surface area contributed by atoms with Crippen LogP contribution < -0.4 is 10.6 Å². The van der Waals surface area contributed by atoms with Gasteiger partial charge < -0.3 is 10.6 Å². The number of nitrogen functional groups attached to an aromatic ring is 1. The van der Waals surface area contributed by atoms with Gasteiger partial charge in [-0.15, -0.1) is 0 Å². The highest BCUT2D eigenvalue weighted by molar-refractivity contribution is 5.63. The number of hydrogen-bond acceptors (Lipinski definition) is 3. The minimum Gasteiger partial charge on any atom is -0.396 e. The van der Waals surface area contributed by atoms with E-state index < -0.39 is 11.7 Å². The van der Waals surface area contributed by atoms with Crippen LogP contribution in [0.4, 0.5) is 24.7 Å². The van der Waals surface area contributed by atoms with Gasteiger partial charge in [-0.3, -0.25) is 0 Å². The van der Waals surface area contributed by atoms with E-state index in [9.17, 15) is 13.2 Å². The highest BCUT2D eigenvalue weighted by Gasteiger charge is 2.32. The molecule has 1 aromatic heterocycles. The average Bonchev–Trinajstić information content (AvgIpc) is 2.69. The lowest BCUT2D eigenvalue weighted by Crippen LogP contribution is -2.21. The summed E-state index contributed by atoms with van der Waals surface area (Å²) in [5.41, 5.74) is 4.89. The Hall–Kier alpha value is -1.46. The van der Waals surface area contributed by atoms with Crippen molar-refractivity contribution in [1.82, 2.24) is 4.98 Å². The molecule has 0 amide bonds. The van der Waals surface area contributed by atoms with Crippen molar-refractivity contribution in [3.8, 4) is 0 Å². The van der Waals surface area contributed by atoms with Crippen molar-refractivity contribution in [2.75, 3.05) is 23.7 Å². The summed E-state index contributed by atoms with van der Waals surface area (Å²) in [6.45, 7) is 1.62. The summed E-state index contributed by atoms with van der Waals surface area (Å²) in [5, 5.41) is 0. The lowest BCUT2D eigenvalue weighted by Gasteiger charge is -2.19. The Morgan fingerprint density at radius 1 is 1.25 bits per heavy atom. The van der Waals surface area contributed by atoms with Gasteiger partial charge in [-0.05, 0) is 18.9 Å². The van der Waals surface area contributed by atoms with E-state index in [0.29, 0.717) is 5.82 Å². The largest absolute Gasteiger partial charge is 0.417 e. The lowest BCUT2D eigenvalue weighted by atomic mass is 10.2. The topological polar surface area (TPSA) is 42.1 Å². The van der Waals surface area contributed by atoms with Crippen molar-refractivity contribution < 1.29 is 13.2 Å². The first-order valence-corrected chi connectivity index (χ1v) is 5.06. The Morgan fingerprint density at radius 2 is 1.88 bits per heavy atom. The third-order valence-corrected chi connectivity index (χ3v) is 2.63.